The van der Waals surface area contributed by atoms with Crippen molar-refractivity contribution in [2.75, 3.05) is 26.1 Å². The quantitative estimate of drug-likeness (QED) is 0.589. The highest BCUT2D eigenvalue weighted by Crippen LogP contribution is 2.31. The van der Waals surface area contributed by atoms with Crippen molar-refractivity contribution in [3.63, 3.8) is 0 Å². The molecule has 1 unspecified atom stereocenters. The Balaban J connectivity index is 1.75. The van der Waals surface area contributed by atoms with Crippen molar-refractivity contribution in [3.05, 3.63) is 53.6 Å². The standard InChI is InChI=1S/C25H29N3O5/c1-5-18-15-23(30)28(27-24(18)19-8-11-21(32-3)22(14-19)33-4)13-12-17-6-9-20(10-7-17)26-25(31)16(2)29/h6-11,14,18H,5,12-13,15H2,1-4H3,(H,26,31). The van der Waals surface area contributed by atoms with Crippen molar-refractivity contribution in [3.8, 4) is 11.5 Å². The summed E-state index contributed by atoms with van der Waals surface area (Å²) in [4.78, 5) is 35.3. The Morgan fingerprint density at radius 1 is 1.09 bits per heavy atom. The number of ketones is 1. The molecule has 0 bridgehead atoms. The predicted molar refractivity (Wildman–Crippen MR) is 126 cm³/mol. The van der Waals surface area contributed by atoms with Crippen LogP contribution in [0.3, 0.4) is 0 Å². The largest absolute Gasteiger partial charge is 0.493 e. The van der Waals surface area contributed by atoms with E-state index in [4.69, 9.17) is 14.6 Å². The summed E-state index contributed by atoms with van der Waals surface area (Å²) in [6.45, 7) is 3.71. The predicted octanol–water partition coefficient (Wildman–Crippen LogP) is 3.44. The van der Waals surface area contributed by atoms with E-state index in [2.05, 4.69) is 12.2 Å². The number of hydrogen-bond donors (Lipinski definition) is 1. The molecule has 3 rings (SSSR count). The molecule has 0 spiro atoms. The highest BCUT2D eigenvalue weighted by atomic mass is 16.5. The van der Waals surface area contributed by atoms with E-state index >= 15 is 0 Å². The van der Waals surface area contributed by atoms with Crippen molar-refractivity contribution in [1.29, 1.82) is 0 Å². The van der Waals surface area contributed by atoms with Gasteiger partial charge in [-0.2, -0.15) is 5.10 Å². The summed E-state index contributed by atoms with van der Waals surface area (Å²) in [5, 5.41) is 8.79. The summed E-state index contributed by atoms with van der Waals surface area (Å²) < 4.78 is 10.8. The fraction of sp³-hybridized carbons (Fsp3) is 0.360. The Morgan fingerprint density at radius 3 is 2.39 bits per heavy atom. The van der Waals surface area contributed by atoms with Crippen LogP contribution in [0.15, 0.2) is 47.6 Å². The molecule has 174 valence electrons. The normalized spacial score (nSPS) is 15.6. The lowest BCUT2D eigenvalue weighted by Gasteiger charge is -2.29. The first kappa shape index (κ1) is 24.0. The maximum Gasteiger partial charge on any atom is 0.291 e. The molecule has 2 aromatic carbocycles. The second-order valence-corrected chi connectivity index (χ2v) is 7.84. The average Bonchev–Trinajstić information content (AvgIpc) is 2.83. The molecule has 1 aliphatic heterocycles. The van der Waals surface area contributed by atoms with Gasteiger partial charge >= 0.3 is 0 Å². The molecular formula is C25H29N3O5. The molecule has 0 saturated heterocycles. The molecule has 1 N–H and O–H groups in total. The first-order valence-electron chi connectivity index (χ1n) is 10.9. The summed E-state index contributed by atoms with van der Waals surface area (Å²) in [6.07, 6.45) is 1.81. The SMILES string of the molecule is CCC1CC(=O)N(CCc2ccc(NC(=O)C(C)=O)cc2)N=C1c1ccc(OC)c(OC)c1. The Kier molecular flexibility index (Phi) is 7.82. The van der Waals surface area contributed by atoms with Gasteiger partial charge in [0.2, 0.25) is 11.7 Å². The smallest absolute Gasteiger partial charge is 0.291 e. The molecule has 1 atom stereocenters. The number of anilines is 1. The van der Waals surface area contributed by atoms with Gasteiger partial charge in [-0.05, 0) is 48.7 Å². The lowest BCUT2D eigenvalue weighted by atomic mass is 9.89. The highest BCUT2D eigenvalue weighted by Gasteiger charge is 2.29. The molecule has 8 nitrogen and oxygen atoms in total. The minimum atomic E-state index is -0.649. The number of benzene rings is 2. The fourth-order valence-electron chi connectivity index (χ4n) is 3.69. The lowest BCUT2D eigenvalue weighted by Crippen LogP contribution is -2.38. The molecule has 0 saturated carbocycles. The van der Waals surface area contributed by atoms with Gasteiger partial charge in [-0.15, -0.1) is 0 Å². The van der Waals surface area contributed by atoms with E-state index in [1.54, 1.807) is 26.4 Å². The zero-order valence-electron chi connectivity index (χ0n) is 19.4. The number of hydrazone groups is 1. The van der Waals surface area contributed by atoms with Gasteiger partial charge in [0.1, 0.15) is 0 Å². The fourth-order valence-corrected chi connectivity index (χ4v) is 3.69. The number of nitrogens with zero attached hydrogens (tertiary/aromatic N) is 2. The Morgan fingerprint density at radius 2 is 1.79 bits per heavy atom. The van der Waals surface area contributed by atoms with Crippen molar-refractivity contribution < 1.29 is 23.9 Å². The van der Waals surface area contributed by atoms with Gasteiger partial charge in [0, 0.05) is 37.1 Å². The number of amides is 2. The number of carbonyl (C=O) groups excluding carboxylic acids is 3. The van der Waals surface area contributed by atoms with E-state index in [0.29, 0.717) is 36.6 Å². The molecule has 0 radical (unpaired) electrons. The van der Waals surface area contributed by atoms with E-state index in [1.165, 1.54) is 11.9 Å². The van der Waals surface area contributed by atoms with Gasteiger partial charge in [-0.1, -0.05) is 19.1 Å². The molecular weight excluding hydrogens is 422 g/mol. The Bertz CT molecular complexity index is 1060. The molecule has 8 heteroatoms. The number of nitrogens with one attached hydrogen (secondary N) is 1. The number of ether oxygens (including phenoxy) is 2. The molecule has 1 heterocycles. The molecule has 1 aliphatic rings. The van der Waals surface area contributed by atoms with Crippen LogP contribution in [0.25, 0.3) is 0 Å². The minimum Gasteiger partial charge on any atom is -0.493 e. The van der Waals surface area contributed by atoms with Gasteiger partial charge in [-0.25, -0.2) is 5.01 Å². The molecule has 0 aromatic heterocycles. The molecule has 0 fully saturated rings. The van der Waals surface area contributed by atoms with Crippen LogP contribution in [0, 0.1) is 5.92 Å². The third kappa shape index (κ3) is 5.77. The van der Waals surface area contributed by atoms with Crippen molar-refractivity contribution in [2.45, 2.75) is 33.1 Å². The number of Topliss-reactive ketones (excluding diaryl/α,β-unsaturated/α-hetero) is 1. The minimum absolute atomic E-state index is 0.00332. The number of rotatable bonds is 9. The van der Waals surface area contributed by atoms with Crippen LogP contribution in [-0.2, 0) is 20.8 Å². The topological polar surface area (TPSA) is 97.3 Å². The highest BCUT2D eigenvalue weighted by molar-refractivity contribution is 6.39. The van der Waals surface area contributed by atoms with Crippen molar-refractivity contribution >= 4 is 29.0 Å². The summed E-state index contributed by atoms with van der Waals surface area (Å²) in [5.74, 6) is 0.0994. The monoisotopic (exact) mass is 451 g/mol. The number of carbonyl (C=O) groups is 3. The van der Waals surface area contributed by atoms with Crippen LogP contribution < -0.4 is 14.8 Å². The van der Waals surface area contributed by atoms with Crippen LogP contribution in [0.1, 0.15) is 37.8 Å². The maximum atomic E-state index is 12.7. The van der Waals surface area contributed by atoms with Crippen LogP contribution in [0.5, 0.6) is 11.5 Å². The van der Waals surface area contributed by atoms with E-state index in [1.807, 2.05) is 30.3 Å². The van der Waals surface area contributed by atoms with Crippen LogP contribution in [-0.4, -0.2) is 49.1 Å². The molecule has 0 aliphatic carbocycles. The first-order chi connectivity index (χ1) is 15.9. The zero-order valence-corrected chi connectivity index (χ0v) is 19.4. The second-order valence-electron chi connectivity index (χ2n) is 7.84. The molecule has 33 heavy (non-hydrogen) atoms. The zero-order chi connectivity index (χ0) is 24.0. The van der Waals surface area contributed by atoms with Gasteiger partial charge in [0.05, 0.1) is 19.9 Å². The first-order valence-corrected chi connectivity index (χ1v) is 10.9. The van der Waals surface area contributed by atoms with Crippen LogP contribution >= 0.6 is 0 Å². The van der Waals surface area contributed by atoms with E-state index in [9.17, 15) is 14.4 Å². The van der Waals surface area contributed by atoms with Crippen molar-refractivity contribution in [2.24, 2.45) is 11.0 Å². The summed E-state index contributed by atoms with van der Waals surface area (Å²) in [7, 11) is 3.18. The Hall–Kier alpha value is -3.68. The third-order valence-corrected chi connectivity index (χ3v) is 5.64. The van der Waals surface area contributed by atoms with Gasteiger partial charge in [0.25, 0.3) is 5.91 Å². The Labute approximate surface area is 193 Å². The molecule has 2 aromatic rings. The van der Waals surface area contributed by atoms with E-state index < -0.39 is 11.7 Å². The molecule has 2 amide bonds. The average molecular weight is 452 g/mol. The third-order valence-electron chi connectivity index (χ3n) is 5.64. The van der Waals surface area contributed by atoms with Crippen LogP contribution in [0.4, 0.5) is 5.69 Å². The maximum absolute atomic E-state index is 12.7. The number of methoxy groups -OCH3 is 2. The van der Waals surface area contributed by atoms with E-state index in [-0.39, 0.29) is 11.8 Å². The van der Waals surface area contributed by atoms with Crippen molar-refractivity contribution in [1.82, 2.24) is 5.01 Å². The lowest BCUT2D eigenvalue weighted by molar-refractivity contribution is -0.133. The van der Waals surface area contributed by atoms with Crippen LogP contribution in [0.2, 0.25) is 0 Å². The van der Waals surface area contributed by atoms with Gasteiger partial charge in [0.15, 0.2) is 11.5 Å². The van der Waals surface area contributed by atoms with Gasteiger partial charge < -0.3 is 14.8 Å². The number of hydrogen-bond acceptors (Lipinski definition) is 6. The summed E-state index contributed by atoms with van der Waals surface area (Å²) >= 11 is 0. The van der Waals surface area contributed by atoms with Gasteiger partial charge in [-0.3, -0.25) is 14.4 Å². The summed E-state index contributed by atoms with van der Waals surface area (Å²) in [5.41, 5.74) is 3.31. The van der Waals surface area contributed by atoms with E-state index in [0.717, 1.165) is 23.3 Å². The summed E-state index contributed by atoms with van der Waals surface area (Å²) in [6, 6.07) is 12.9. The second kappa shape index (κ2) is 10.8.